The number of nitrogens with zero attached hydrogens (tertiary/aromatic N) is 3. The summed E-state index contributed by atoms with van der Waals surface area (Å²) in [7, 11) is 4.81. The number of methoxy groups -OCH3 is 3. The van der Waals surface area contributed by atoms with Crippen molar-refractivity contribution < 1.29 is 19.0 Å². The predicted octanol–water partition coefficient (Wildman–Crippen LogP) is 3.01. The van der Waals surface area contributed by atoms with E-state index in [0.717, 1.165) is 22.8 Å². The summed E-state index contributed by atoms with van der Waals surface area (Å²) in [6, 6.07) is 13.1. The van der Waals surface area contributed by atoms with E-state index >= 15 is 0 Å². The number of hydrogen-bond donors (Lipinski definition) is 1. The summed E-state index contributed by atoms with van der Waals surface area (Å²) in [5, 5.41) is 11.9. The van der Waals surface area contributed by atoms with Gasteiger partial charge < -0.3 is 19.5 Å². The average molecular weight is 429 g/mol. The van der Waals surface area contributed by atoms with Crippen molar-refractivity contribution >= 4 is 17.7 Å². The first-order valence-corrected chi connectivity index (χ1v) is 10.2. The minimum atomic E-state index is -0.108. The van der Waals surface area contributed by atoms with Gasteiger partial charge in [-0.15, -0.1) is 10.2 Å². The molecule has 0 atom stereocenters. The zero-order chi connectivity index (χ0) is 21.5. The number of hydrogen-bond acceptors (Lipinski definition) is 7. The summed E-state index contributed by atoms with van der Waals surface area (Å²) < 4.78 is 17.6. The lowest BCUT2D eigenvalue weighted by Gasteiger charge is -2.10. The lowest BCUT2D eigenvalue weighted by Crippen LogP contribution is -2.24. The highest BCUT2D eigenvalue weighted by Crippen LogP contribution is 2.24. The Morgan fingerprint density at radius 1 is 0.967 bits per heavy atom. The van der Waals surface area contributed by atoms with Gasteiger partial charge in [-0.3, -0.25) is 9.36 Å². The largest absolute Gasteiger partial charge is 0.497 e. The molecule has 0 aliphatic heterocycles. The zero-order valence-corrected chi connectivity index (χ0v) is 18.2. The fraction of sp³-hybridized carbons (Fsp3) is 0.286. The summed E-state index contributed by atoms with van der Waals surface area (Å²) >= 11 is 1.33. The van der Waals surface area contributed by atoms with Crippen molar-refractivity contribution in [3.63, 3.8) is 0 Å². The van der Waals surface area contributed by atoms with Crippen molar-refractivity contribution in [2.75, 3.05) is 27.1 Å². The average Bonchev–Trinajstić information content (AvgIpc) is 3.16. The number of thioether (sulfide) groups is 1. The molecular formula is C21H24N4O4S. The van der Waals surface area contributed by atoms with Gasteiger partial charge in [0.25, 0.3) is 0 Å². The van der Waals surface area contributed by atoms with Crippen molar-refractivity contribution in [2.45, 2.75) is 18.6 Å². The van der Waals surface area contributed by atoms with Gasteiger partial charge in [0.05, 0.1) is 27.1 Å². The molecule has 3 aromatic rings. The minimum Gasteiger partial charge on any atom is -0.497 e. The smallest absolute Gasteiger partial charge is 0.230 e. The quantitative estimate of drug-likeness (QED) is 0.524. The van der Waals surface area contributed by atoms with Gasteiger partial charge in [-0.2, -0.15) is 0 Å². The Morgan fingerprint density at radius 2 is 1.60 bits per heavy atom. The molecule has 1 heterocycles. The summed E-state index contributed by atoms with van der Waals surface area (Å²) in [5.41, 5.74) is 1.80. The zero-order valence-electron chi connectivity index (χ0n) is 17.3. The number of carbonyl (C=O) groups excluding carboxylic acids is 1. The Morgan fingerprint density at radius 3 is 2.20 bits per heavy atom. The monoisotopic (exact) mass is 428 g/mol. The predicted molar refractivity (Wildman–Crippen MR) is 115 cm³/mol. The molecule has 30 heavy (non-hydrogen) atoms. The first kappa shape index (κ1) is 21.5. The maximum atomic E-state index is 12.4. The van der Waals surface area contributed by atoms with Crippen LogP contribution in [0, 0.1) is 6.92 Å². The molecule has 9 heteroatoms. The molecule has 1 N–H and O–H groups in total. The number of ether oxygens (including phenoxy) is 3. The SMILES string of the molecule is COc1ccc(-n2c(C)nnc2SCC(=O)NCc2cc(OC)cc(OC)c2)cc1. The Hall–Kier alpha value is -3.20. The van der Waals surface area contributed by atoms with Crippen LogP contribution in [0.2, 0.25) is 0 Å². The minimum absolute atomic E-state index is 0.108. The lowest BCUT2D eigenvalue weighted by atomic mass is 10.2. The fourth-order valence-corrected chi connectivity index (χ4v) is 3.64. The Balaban J connectivity index is 1.61. The molecule has 0 fully saturated rings. The molecule has 2 aromatic carbocycles. The molecule has 1 aromatic heterocycles. The Kier molecular flexibility index (Phi) is 7.18. The third-order valence-corrected chi connectivity index (χ3v) is 5.29. The second-order valence-corrected chi connectivity index (χ2v) is 7.29. The van der Waals surface area contributed by atoms with Crippen molar-refractivity contribution in [3.8, 4) is 22.9 Å². The molecular weight excluding hydrogens is 404 g/mol. The van der Waals surface area contributed by atoms with Crippen molar-refractivity contribution in [1.29, 1.82) is 0 Å². The van der Waals surface area contributed by atoms with Crippen molar-refractivity contribution in [1.82, 2.24) is 20.1 Å². The van der Waals surface area contributed by atoms with Crippen molar-refractivity contribution in [2.24, 2.45) is 0 Å². The molecule has 0 bridgehead atoms. The Labute approximate surface area is 179 Å². The molecule has 158 valence electrons. The lowest BCUT2D eigenvalue weighted by molar-refractivity contribution is -0.118. The van der Waals surface area contributed by atoms with Gasteiger partial charge in [0.1, 0.15) is 23.1 Å². The van der Waals surface area contributed by atoms with E-state index in [1.165, 1.54) is 11.8 Å². The van der Waals surface area contributed by atoms with Crippen LogP contribution in [0.15, 0.2) is 47.6 Å². The molecule has 8 nitrogen and oxygen atoms in total. The molecule has 0 radical (unpaired) electrons. The van der Waals surface area contributed by atoms with E-state index < -0.39 is 0 Å². The van der Waals surface area contributed by atoms with Gasteiger partial charge in [-0.1, -0.05) is 11.8 Å². The van der Waals surface area contributed by atoms with Crippen LogP contribution >= 0.6 is 11.8 Å². The van der Waals surface area contributed by atoms with Gasteiger partial charge in [-0.25, -0.2) is 0 Å². The topological polar surface area (TPSA) is 87.5 Å². The number of aromatic nitrogens is 3. The highest BCUT2D eigenvalue weighted by Gasteiger charge is 2.14. The molecule has 0 aliphatic rings. The van der Waals surface area contributed by atoms with Crippen LogP contribution in [0.3, 0.4) is 0 Å². The summed E-state index contributed by atoms with van der Waals surface area (Å²) in [4.78, 5) is 12.4. The maximum Gasteiger partial charge on any atom is 0.230 e. The summed E-state index contributed by atoms with van der Waals surface area (Å²) in [6.07, 6.45) is 0. The van der Waals surface area contributed by atoms with Crippen LogP contribution in [0.1, 0.15) is 11.4 Å². The first-order chi connectivity index (χ1) is 14.5. The second kappa shape index (κ2) is 10.0. The molecule has 0 spiro atoms. The van der Waals surface area contributed by atoms with Crippen LogP contribution in [-0.2, 0) is 11.3 Å². The van der Waals surface area contributed by atoms with Gasteiger partial charge in [0, 0.05) is 18.3 Å². The van der Waals surface area contributed by atoms with E-state index in [4.69, 9.17) is 14.2 Å². The summed E-state index contributed by atoms with van der Waals surface area (Å²) in [6.45, 7) is 2.24. The molecule has 0 unspecified atom stereocenters. The van der Waals surface area contributed by atoms with E-state index in [0.29, 0.717) is 23.2 Å². The number of carbonyl (C=O) groups is 1. The van der Waals surface area contributed by atoms with Crippen molar-refractivity contribution in [3.05, 3.63) is 53.9 Å². The molecule has 3 rings (SSSR count). The standard InChI is InChI=1S/C21H24N4O4S/c1-14-23-24-21(25(14)16-5-7-17(27-2)8-6-16)30-13-20(26)22-12-15-9-18(28-3)11-19(10-15)29-4/h5-11H,12-13H2,1-4H3,(H,22,26). The molecule has 0 aliphatic carbocycles. The number of aryl methyl sites for hydroxylation is 1. The van der Waals surface area contributed by atoms with Crippen LogP contribution < -0.4 is 19.5 Å². The highest BCUT2D eigenvalue weighted by atomic mass is 32.2. The number of nitrogens with one attached hydrogen (secondary N) is 1. The van der Waals surface area contributed by atoms with Gasteiger partial charge in [-0.05, 0) is 48.9 Å². The fourth-order valence-electron chi connectivity index (χ4n) is 2.82. The van der Waals surface area contributed by atoms with E-state index in [1.54, 1.807) is 27.4 Å². The number of rotatable bonds is 9. The third-order valence-electron chi connectivity index (χ3n) is 4.36. The van der Waals surface area contributed by atoms with E-state index in [-0.39, 0.29) is 11.7 Å². The van der Waals surface area contributed by atoms with Crippen LogP contribution in [0.4, 0.5) is 0 Å². The van der Waals surface area contributed by atoms with E-state index in [1.807, 2.05) is 47.9 Å². The van der Waals surface area contributed by atoms with Gasteiger partial charge in [0.2, 0.25) is 5.91 Å². The molecule has 1 amide bonds. The second-order valence-electron chi connectivity index (χ2n) is 6.35. The maximum absolute atomic E-state index is 12.4. The van der Waals surface area contributed by atoms with Crippen LogP contribution in [0.25, 0.3) is 5.69 Å². The van der Waals surface area contributed by atoms with Crippen LogP contribution in [-0.4, -0.2) is 47.8 Å². The van der Waals surface area contributed by atoms with E-state index in [9.17, 15) is 4.79 Å². The van der Waals surface area contributed by atoms with Crippen LogP contribution in [0.5, 0.6) is 17.2 Å². The van der Waals surface area contributed by atoms with Gasteiger partial charge >= 0.3 is 0 Å². The summed E-state index contributed by atoms with van der Waals surface area (Å²) in [5.74, 6) is 2.98. The first-order valence-electron chi connectivity index (χ1n) is 9.22. The Bertz CT molecular complexity index is 982. The third kappa shape index (κ3) is 5.24. The van der Waals surface area contributed by atoms with Gasteiger partial charge in [0.15, 0.2) is 5.16 Å². The number of amides is 1. The van der Waals surface area contributed by atoms with E-state index in [2.05, 4.69) is 15.5 Å². The molecule has 0 saturated carbocycles. The normalized spacial score (nSPS) is 10.5. The molecule has 0 saturated heterocycles. The number of benzene rings is 2. The highest BCUT2D eigenvalue weighted by molar-refractivity contribution is 7.99.